The Bertz CT molecular complexity index is 1370. The van der Waals surface area contributed by atoms with E-state index < -0.39 is 5.60 Å². The van der Waals surface area contributed by atoms with Gasteiger partial charge in [0.2, 0.25) is 5.95 Å². The van der Waals surface area contributed by atoms with Gasteiger partial charge in [0.25, 0.3) is 0 Å². The van der Waals surface area contributed by atoms with Crippen LogP contribution < -0.4 is 16.0 Å². The zero-order valence-corrected chi connectivity index (χ0v) is 22.0. The molecule has 0 bridgehead atoms. The first kappa shape index (κ1) is 25.4. The van der Waals surface area contributed by atoms with Crippen molar-refractivity contribution in [3.05, 3.63) is 66.7 Å². The maximum Gasteiger partial charge on any atom is 0.407 e. The van der Waals surface area contributed by atoms with Crippen LogP contribution in [0.5, 0.6) is 0 Å². The Morgan fingerprint density at radius 3 is 2.53 bits per heavy atom. The molecule has 1 aromatic carbocycles. The Labute approximate surface area is 222 Å². The third-order valence-electron chi connectivity index (χ3n) is 6.43. The minimum absolute atomic E-state index is 0.118. The highest BCUT2D eigenvalue weighted by Gasteiger charge is 2.25. The average Bonchev–Trinajstić information content (AvgIpc) is 3.34. The summed E-state index contributed by atoms with van der Waals surface area (Å²) >= 11 is 0. The molecule has 1 aliphatic rings. The number of benzene rings is 1. The van der Waals surface area contributed by atoms with Gasteiger partial charge in [0.1, 0.15) is 5.60 Å². The number of aromatic nitrogens is 5. The van der Waals surface area contributed by atoms with Crippen LogP contribution in [-0.4, -0.2) is 48.1 Å². The van der Waals surface area contributed by atoms with Crippen molar-refractivity contribution in [3.63, 3.8) is 0 Å². The Balaban J connectivity index is 1.23. The Hall–Kier alpha value is -4.21. The smallest absolute Gasteiger partial charge is 0.407 e. The van der Waals surface area contributed by atoms with E-state index in [0.29, 0.717) is 12.5 Å². The lowest BCUT2D eigenvalue weighted by Crippen LogP contribution is -2.42. The van der Waals surface area contributed by atoms with Crippen molar-refractivity contribution in [2.24, 2.45) is 0 Å². The summed E-state index contributed by atoms with van der Waals surface area (Å²) in [6.07, 6.45) is 10.5. The van der Waals surface area contributed by atoms with E-state index >= 15 is 0 Å². The van der Waals surface area contributed by atoms with Gasteiger partial charge in [0, 0.05) is 37.2 Å². The lowest BCUT2D eigenvalue weighted by atomic mass is 9.91. The highest BCUT2D eigenvalue weighted by Crippen LogP contribution is 2.26. The third kappa shape index (κ3) is 6.37. The highest BCUT2D eigenvalue weighted by molar-refractivity contribution is 5.70. The molecule has 3 aromatic heterocycles. The first-order chi connectivity index (χ1) is 18.3. The average molecular weight is 515 g/mol. The van der Waals surface area contributed by atoms with Crippen molar-refractivity contribution in [2.45, 2.75) is 70.7 Å². The number of anilines is 2. The summed E-state index contributed by atoms with van der Waals surface area (Å²) in [5, 5.41) is 9.86. The van der Waals surface area contributed by atoms with Crippen LogP contribution in [0.3, 0.4) is 0 Å². The molecule has 10 nitrogen and oxygen atoms in total. The zero-order valence-electron chi connectivity index (χ0n) is 22.0. The van der Waals surface area contributed by atoms with Crippen molar-refractivity contribution < 1.29 is 9.53 Å². The Kier molecular flexibility index (Phi) is 7.39. The maximum atomic E-state index is 12.1. The minimum atomic E-state index is -0.498. The van der Waals surface area contributed by atoms with Crippen LogP contribution in [0.4, 0.5) is 16.6 Å². The van der Waals surface area contributed by atoms with E-state index in [2.05, 4.69) is 43.0 Å². The maximum absolute atomic E-state index is 12.1. The van der Waals surface area contributed by atoms with Gasteiger partial charge in [-0.1, -0.05) is 30.3 Å². The Morgan fingerprint density at radius 2 is 1.76 bits per heavy atom. The fourth-order valence-corrected chi connectivity index (χ4v) is 4.62. The molecule has 38 heavy (non-hydrogen) atoms. The predicted molar refractivity (Wildman–Crippen MR) is 147 cm³/mol. The van der Waals surface area contributed by atoms with Crippen LogP contribution in [0, 0.1) is 0 Å². The van der Waals surface area contributed by atoms with Crippen LogP contribution in [0.25, 0.3) is 17.0 Å². The molecule has 0 atom stereocenters. The van der Waals surface area contributed by atoms with Crippen LogP contribution in [0.1, 0.15) is 52.0 Å². The molecular weight excluding hydrogens is 480 g/mol. The van der Waals surface area contributed by atoms with Gasteiger partial charge in [0.05, 0.1) is 17.6 Å². The molecule has 10 heteroatoms. The molecule has 5 rings (SSSR count). The number of alkyl carbamates (subject to hydrolysis) is 1. The summed E-state index contributed by atoms with van der Waals surface area (Å²) in [5.74, 6) is 1.30. The van der Waals surface area contributed by atoms with Gasteiger partial charge < -0.3 is 20.7 Å². The number of amides is 1. The van der Waals surface area contributed by atoms with E-state index in [1.165, 1.54) is 0 Å². The number of fused-ring (bicyclic) bond motifs is 1. The van der Waals surface area contributed by atoms with E-state index in [1.807, 2.05) is 61.8 Å². The van der Waals surface area contributed by atoms with Gasteiger partial charge in [-0.05, 0) is 58.1 Å². The van der Waals surface area contributed by atoms with Crippen molar-refractivity contribution in [1.82, 2.24) is 29.7 Å². The molecule has 3 N–H and O–H groups in total. The molecule has 1 saturated carbocycles. The second-order valence-corrected chi connectivity index (χ2v) is 10.6. The SMILES string of the molecule is CC(C)(C)OC(=O)N[C@H]1CC[C@H](Nc2nccn3c(-c4ccnc(NCc5ccccc5)n4)cnc23)CC1. The van der Waals surface area contributed by atoms with Crippen molar-refractivity contribution >= 4 is 23.5 Å². The van der Waals surface area contributed by atoms with Crippen molar-refractivity contribution in [1.29, 1.82) is 0 Å². The molecule has 3 heterocycles. The van der Waals surface area contributed by atoms with Crippen LogP contribution in [0.15, 0.2) is 61.2 Å². The number of imidazole rings is 1. The lowest BCUT2D eigenvalue weighted by molar-refractivity contribution is 0.0492. The molecule has 0 aliphatic heterocycles. The molecule has 1 aliphatic carbocycles. The van der Waals surface area contributed by atoms with Gasteiger partial charge in [-0.15, -0.1) is 0 Å². The molecule has 0 spiro atoms. The largest absolute Gasteiger partial charge is 0.444 e. The molecule has 1 fully saturated rings. The van der Waals surface area contributed by atoms with E-state index in [0.717, 1.165) is 54.1 Å². The minimum Gasteiger partial charge on any atom is -0.444 e. The van der Waals surface area contributed by atoms with Gasteiger partial charge in [-0.3, -0.25) is 4.40 Å². The van der Waals surface area contributed by atoms with Crippen LogP contribution >= 0.6 is 0 Å². The second-order valence-electron chi connectivity index (χ2n) is 10.6. The summed E-state index contributed by atoms with van der Waals surface area (Å²) in [7, 11) is 0. The van der Waals surface area contributed by atoms with Crippen LogP contribution in [0.2, 0.25) is 0 Å². The summed E-state index contributed by atoms with van der Waals surface area (Å²) < 4.78 is 7.39. The lowest BCUT2D eigenvalue weighted by Gasteiger charge is -2.30. The summed E-state index contributed by atoms with van der Waals surface area (Å²) in [5.41, 5.74) is 3.04. The van der Waals surface area contributed by atoms with Gasteiger partial charge in [-0.25, -0.2) is 24.7 Å². The number of ether oxygens (including phenoxy) is 1. The van der Waals surface area contributed by atoms with E-state index in [4.69, 9.17) is 9.72 Å². The summed E-state index contributed by atoms with van der Waals surface area (Å²) in [4.78, 5) is 30.4. The third-order valence-corrected chi connectivity index (χ3v) is 6.43. The molecular formula is C28H34N8O2. The van der Waals surface area contributed by atoms with Crippen LogP contribution in [-0.2, 0) is 11.3 Å². The number of carbonyl (C=O) groups is 1. The van der Waals surface area contributed by atoms with E-state index in [9.17, 15) is 4.79 Å². The Morgan fingerprint density at radius 1 is 1.00 bits per heavy atom. The van der Waals surface area contributed by atoms with Gasteiger partial charge >= 0.3 is 6.09 Å². The molecule has 4 aromatic rings. The number of hydrogen-bond acceptors (Lipinski definition) is 8. The normalized spacial score (nSPS) is 17.7. The molecule has 198 valence electrons. The quantitative estimate of drug-likeness (QED) is 0.314. The molecule has 0 saturated heterocycles. The van der Waals surface area contributed by atoms with E-state index in [-0.39, 0.29) is 18.2 Å². The number of nitrogens with zero attached hydrogens (tertiary/aromatic N) is 5. The number of hydrogen-bond donors (Lipinski definition) is 3. The fourth-order valence-electron chi connectivity index (χ4n) is 4.62. The van der Waals surface area contributed by atoms with E-state index in [1.54, 1.807) is 12.4 Å². The first-order valence-electron chi connectivity index (χ1n) is 13.0. The topological polar surface area (TPSA) is 118 Å². The summed E-state index contributed by atoms with van der Waals surface area (Å²) in [6, 6.07) is 12.4. The molecule has 1 amide bonds. The standard InChI is InChI=1S/C28H34N8O2/c1-28(2,3)38-27(37)34-21-11-9-20(10-12-21)33-24-25-31-18-23(36(25)16-15-29-24)22-13-14-30-26(35-22)32-17-19-7-5-4-6-8-19/h4-8,13-16,18,20-21H,9-12,17H2,1-3H3,(H,29,33)(H,34,37)(H,30,32,35)/t20-,21-. The second kappa shape index (κ2) is 11.0. The number of carbonyl (C=O) groups excluding carboxylic acids is 1. The zero-order chi connectivity index (χ0) is 26.5. The highest BCUT2D eigenvalue weighted by atomic mass is 16.6. The molecule has 0 radical (unpaired) electrons. The van der Waals surface area contributed by atoms with Crippen molar-refractivity contribution in [3.8, 4) is 11.4 Å². The molecule has 0 unspecified atom stereocenters. The fraction of sp³-hybridized carbons (Fsp3) is 0.393. The predicted octanol–water partition coefficient (Wildman–Crippen LogP) is 5.05. The number of nitrogens with one attached hydrogen (secondary N) is 3. The monoisotopic (exact) mass is 514 g/mol. The van der Waals surface area contributed by atoms with Crippen molar-refractivity contribution in [2.75, 3.05) is 10.6 Å². The van der Waals surface area contributed by atoms with Gasteiger partial charge in [0.15, 0.2) is 11.5 Å². The number of rotatable bonds is 7. The van der Waals surface area contributed by atoms with Gasteiger partial charge in [-0.2, -0.15) is 0 Å². The summed E-state index contributed by atoms with van der Waals surface area (Å²) in [6.45, 7) is 6.25. The first-order valence-corrected chi connectivity index (χ1v) is 13.0.